The van der Waals surface area contributed by atoms with E-state index in [1.165, 1.54) is 11.1 Å². The average molecular weight is 364 g/mol. The van der Waals surface area contributed by atoms with Gasteiger partial charge >= 0.3 is 0 Å². The Morgan fingerprint density at radius 2 is 1.56 bits per heavy atom. The van der Waals surface area contributed by atoms with Gasteiger partial charge in [0.05, 0.1) is 5.92 Å². The Balaban J connectivity index is 1.81. The summed E-state index contributed by atoms with van der Waals surface area (Å²) in [6.45, 7) is 6.72. The normalized spacial score (nSPS) is 16.6. The molecule has 0 spiro atoms. The molecule has 1 heterocycles. The number of anilines is 2. The van der Waals surface area contributed by atoms with Crippen molar-refractivity contribution in [3.05, 3.63) is 59.2 Å². The van der Waals surface area contributed by atoms with Gasteiger partial charge in [-0.25, -0.2) is 0 Å². The molecule has 0 saturated carbocycles. The second-order valence-electron chi connectivity index (χ2n) is 7.04. The van der Waals surface area contributed by atoms with Crippen LogP contribution in [-0.2, 0) is 28.9 Å². The highest BCUT2D eigenvalue weighted by Crippen LogP contribution is 2.33. The quantitative estimate of drug-likeness (QED) is 0.828. The van der Waals surface area contributed by atoms with Gasteiger partial charge in [0.2, 0.25) is 11.8 Å². The van der Waals surface area contributed by atoms with Gasteiger partial charge in [-0.2, -0.15) is 0 Å². The van der Waals surface area contributed by atoms with Crippen molar-refractivity contribution in [2.24, 2.45) is 5.92 Å². The van der Waals surface area contributed by atoms with Crippen LogP contribution in [0.25, 0.3) is 0 Å². The van der Waals surface area contributed by atoms with E-state index in [0.29, 0.717) is 6.54 Å². The molecule has 1 aliphatic rings. The molecule has 4 nitrogen and oxygen atoms in total. The molecule has 142 valence electrons. The summed E-state index contributed by atoms with van der Waals surface area (Å²) in [4.78, 5) is 27.4. The molecule has 1 atom stereocenters. The van der Waals surface area contributed by atoms with Crippen LogP contribution in [-0.4, -0.2) is 18.4 Å². The van der Waals surface area contributed by atoms with E-state index in [0.717, 1.165) is 36.2 Å². The van der Waals surface area contributed by atoms with Crippen molar-refractivity contribution in [1.29, 1.82) is 0 Å². The number of nitrogens with zero attached hydrogens (tertiary/aromatic N) is 1. The van der Waals surface area contributed by atoms with Gasteiger partial charge in [0, 0.05) is 24.3 Å². The fourth-order valence-electron chi connectivity index (χ4n) is 3.85. The Hall–Kier alpha value is -2.62. The molecule has 1 saturated heterocycles. The topological polar surface area (TPSA) is 49.4 Å². The van der Waals surface area contributed by atoms with Crippen molar-refractivity contribution >= 4 is 23.2 Å². The summed E-state index contributed by atoms with van der Waals surface area (Å²) in [7, 11) is 0. The van der Waals surface area contributed by atoms with Gasteiger partial charge in [-0.05, 0) is 42.0 Å². The molecule has 2 aromatic rings. The van der Waals surface area contributed by atoms with Gasteiger partial charge in [0.15, 0.2) is 0 Å². The maximum absolute atomic E-state index is 12.8. The third-order valence-corrected chi connectivity index (χ3v) is 5.39. The third-order valence-electron chi connectivity index (χ3n) is 5.39. The number of carbonyl (C=O) groups excluding carboxylic acids is 2. The van der Waals surface area contributed by atoms with Gasteiger partial charge in [0.25, 0.3) is 0 Å². The number of carbonyl (C=O) groups is 2. The number of rotatable bonds is 6. The Kier molecular flexibility index (Phi) is 5.94. The second-order valence-corrected chi connectivity index (χ2v) is 7.04. The number of para-hydroxylation sites is 2. The molecule has 2 amide bonds. The highest BCUT2D eigenvalue weighted by Gasteiger charge is 2.36. The van der Waals surface area contributed by atoms with E-state index >= 15 is 0 Å². The molecule has 0 unspecified atom stereocenters. The lowest BCUT2D eigenvalue weighted by atomic mass is 10.0. The molecule has 1 N–H and O–H groups in total. The standard InChI is InChI=1S/C23H28N2O2/c1-4-16-10-7-8-13-20(16)24-23(27)19-14-21(26)25(15-19)22-17(5-2)11-9-12-18(22)6-3/h7-13,19H,4-6,14-15H2,1-3H3,(H,24,27)/t19-/m0/s1. The van der Waals surface area contributed by atoms with Crippen LogP contribution in [0.5, 0.6) is 0 Å². The highest BCUT2D eigenvalue weighted by molar-refractivity contribution is 6.04. The van der Waals surface area contributed by atoms with Crippen LogP contribution in [0.4, 0.5) is 11.4 Å². The van der Waals surface area contributed by atoms with Gasteiger partial charge in [-0.15, -0.1) is 0 Å². The first-order valence-electron chi connectivity index (χ1n) is 9.88. The van der Waals surface area contributed by atoms with Gasteiger partial charge < -0.3 is 10.2 Å². The average Bonchev–Trinajstić information content (AvgIpc) is 3.09. The number of nitrogens with one attached hydrogen (secondary N) is 1. The van der Waals surface area contributed by atoms with Crippen LogP contribution in [0, 0.1) is 5.92 Å². The minimum atomic E-state index is -0.322. The first-order chi connectivity index (χ1) is 13.1. The smallest absolute Gasteiger partial charge is 0.229 e. The summed E-state index contributed by atoms with van der Waals surface area (Å²) in [5.74, 6) is -0.356. The molecule has 0 aromatic heterocycles. The van der Waals surface area contributed by atoms with E-state index in [-0.39, 0.29) is 24.2 Å². The Bertz CT molecular complexity index is 822. The van der Waals surface area contributed by atoms with Crippen molar-refractivity contribution in [2.45, 2.75) is 46.5 Å². The van der Waals surface area contributed by atoms with E-state index in [2.05, 4.69) is 38.2 Å². The minimum absolute atomic E-state index is 0.0366. The molecule has 0 radical (unpaired) electrons. The van der Waals surface area contributed by atoms with Crippen molar-refractivity contribution in [3.8, 4) is 0 Å². The Morgan fingerprint density at radius 3 is 2.19 bits per heavy atom. The lowest BCUT2D eigenvalue weighted by molar-refractivity contribution is -0.122. The van der Waals surface area contributed by atoms with E-state index in [1.807, 2.05) is 35.2 Å². The zero-order chi connectivity index (χ0) is 19.4. The summed E-state index contributed by atoms with van der Waals surface area (Å²) in [5, 5.41) is 3.04. The molecular weight excluding hydrogens is 336 g/mol. The van der Waals surface area contributed by atoms with Crippen LogP contribution < -0.4 is 10.2 Å². The van der Waals surface area contributed by atoms with Gasteiger partial charge in [-0.1, -0.05) is 57.2 Å². The Morgan fingerprint density at radius 1 is 0.963 bits per heavy atom. The lowest BCUT2D eigenvalue weighted by Gasteiger charge is -2.23. The molecule has 1 fully saturated rings. The second kappa shape index (κ2) is 8.38. The summed E-state index contributed by atoms with van der Waals surface area (Å²) in [6.07, 6.45) is 2.86. The number of hydrogen-bond donors (Lipinski definition) is 1. The SMILES string of the molecule is CCc1ccccc1NC(=O)[C@H]1CC(=O)N(c2c(CC)cccc2CC)C1. The zero-order valence-corrected chi connectivity index (χ0v) is 16.4. The fraction of sp³-hybridized carbons (Fsp3) is 0.391. The summed E-state index contributed by atoms with van der Waals surface area (Å²) in [6, 6.07) is 14.0. The van der Waals surface area contributed by atoms with Crippen molar-refractivity contribution < 1.29 is 9.59 Å². The van der Waals surface area contributed by atoms with Crippen molar-refractivity contribution in [3.63, 3.8) is 0 Å². The van der Waals surface area contributed by atoms with Crippen LogP contribution in [0.15, 0.2) is 42.5 Å². The van der Waals surface area contributed by atoms with E-state index < -0.39 is 0 Å². The molecule has 1 aliphatic heterocycles. The van der Waals surface area contributed by atoms with Crippen molar-refractivity contribution in [2.75, 3.05) is 16.8 Å². The van der Waals surface area contributed by atoms with E-state index in [1.54, 1.807) is 0 Å². The molecule has 4 heteroatoms. The Labute approximate surface area is 161 Å². The molecular formula is C23H28N2O2. The van der Waals surface area contributed by atoms with Crippen molar-refractivity contribution in [1.82, 2.24) is 0 Å². The summed E-state index contributed by atoms with van der Waals surface area (Å²) in [5.41, 5.74) is 5.30. The first-order valence-corrected chi connectivity index (χ1v) is 9.88. The highest BCUT2D eigenvalue weighted by atomic mass is 16.2. The maximum atomic E-state index is 12.8. The molecule has 0 aliphatic carbocycles. The lowest BCUT2D eigenvalue weighted by Crippen LogP contribution is -2.29. The van der Waals surface area contributed by atoms with Gasteiger partial charge in [0.1, 0.15) is 0 Å². The number of aryl methyl sites for hydroxylation is 3. The van der Waals surface area contributed by atoms with Crippen LogP contribution in [0.1, 0.15) is 43.9 Å². The number of hydrogen-bond acceptors (Lipinski definition) is 2. The molecule has 3 rings (SSSR count). The first kappa shape index (κ1) is 19.2. The van der Waals surface area contributed by atoms with E-state index in [9.17, 15) is 9.59 Å². The minimum Gasteiger partial charge on any atom is -0.326 e. The van der Waals surface area contributed by atoms with Gasteiger partial charge in [-0.3, -0.25) is 9.59 Å². The van der Waals surface area contributed by atoms with Crippen LogP contribution >= 0.6 is 0 Å². The molecule has 27 heavy (non-hydrogen) atoms. The van der Waals surface area contributed by atoms with E-state index in [4.69, 9.17) is 0 Å². The zero-order valence-electron chi connectivity index (χ0n) is 16.4. The fourth-order valence-corrected chi connectivity index (χ4v) is 3.85. The van der Waals surface area contributed by atoms with Crippen LogP contribution in [0.3, 0.4) is 0 Å². The third kappa shape index (κ3) is 3.90. The maximum Gasteiger partial charge on any atom is 0.229 e. The summed E-state index contributed by atoms with van der Waals surface area (Å²) >= 11 is 0. The van der Waals surface area contributed by atoms with Crippen LogP contribution in [0.2, 0.25) is 0 Å². The predicted octanol–water partition coefficient (Wildman–Crippen LogP) is 4.37. The number of benzene rings is 2. The largest absolute Gasteiger partial charge is 0.326 e. The summed E-state index contributed by atoms with van der Waals surface area (Å²) < 4.78 is 0. The number of amides is 2. The predicted molar refractivity (Wildman–Crippen MR) is 110 cm³/mol. The molecule has 2 aromatic carbocycles. The monoisotopic (exact) mass is 364 g/mol. The molecule has 0 bridgehead atoms.